The minimum Gasteiger partial charge on any atom is -0.372 e. The largest absolute Gasteiger partial charge is 0.372 e. The van der Waals surface area contributed by atoms with Crippen LogP contribution in [-0.2, 0) is 4.74 Å². The van der Waals surface area contributed by atoms with Crippen molar-refractivity contribution < 1.29 is 4.74 Å². The van der Waals surface area contributed by atoms with Crippen molar-refractivity contribution in [1.82, 2.24) is 5.32 Å². The molecule has 0 aromatic carbocycles. The van der Waals surface area contributed by atoms with Gasteiger partial charge in [0.15, 0.2) is 0 Å². The van der Waals surface area contributed by atoms with Gasteiger partial charge in [0.2, 0.25) is 0 Å². The number of morpholine rings is 1. The number of nitrogens with one attached hydrogen (secondary N) is 1. The van der Waals surface area contributed by atoms with Crippen molar-refractivity contribution in [2.45, 2.75) is 70.9 Å². The molecule has 0 radical (unpaired) electrons. The maximum atomic E-state index is 6.26. The summed E-state index contributed by atoms with van der Waals surface area (Å²) >= 11 is 0. The molecule has 1 saturated heterocycles. The zero-order valence-corrected chi connectivity index (χ0v) is 11.8. The lowest BCUT2D eigenvalue weighted by Gasteiger charge is -2.49. The normalized spacial score (nSPS) is 38.8. The second-order valence-electron chi connectivity index (χ2n) is 6.59. The highest BCUT2D eigenvalue weighted by Crippen LogP contribution is 2.40. The Balaban J connectivity index is 1.99. The smallest absolute Gasteiger partial charge is 0.0837 e. The van der Waals surface area contributed by atoms with Crippen molar-refractivity contribution in [2.24, 2.45) is 11.8 Å². The van der Waals surface area contributed by atoms with E-state index in [-0.39, 0.29) is 5.60 Å². The topological polar surface area (TPSA) is 21.3 Å². The molecule has 0 aromatic rings. The second-order valence-corrected chi connectivity index (χ2v) is 6.59. The molecule has 1 spiro atoms. The first-order chi connectivity index (χ1) is 8.12. The van der Waals surface area contributed by atoms with Crippen molar-refractivity contribution in [2.75, 3.05) is 13.2 Å². The summed E-state index contributed by atoms with van der Waals surface area (Å²) in [6.07, 6.45) is 7.88. The van der Waals surface area contributed by atoms with E-state index in [0.717, 1.165) is 25.0 Å². The molecule has 2 rings (SSSR count). The van der Waals surface area contributed by atoms with Gasteiger partial charge in [-0.15, -0.1) is 0 Å². The van der Waals surface area contributed by atoms with E-state index in [1.54, 1.807) is 0 Å². The molecule has 0 aromatic heterocycles. The number of hydrogen-bond acceptors (Lipinski definition) is 2. The van der Waals surface area contributed by atoms with Crippen LogP contribution in [0.25, 0.3) is 0 Å². The summed E-state index contributed by atoms with van der Waals surface area (Å²) in [7, 11) is 0. The summed E-state index contributed by atoms with van der Waals surface area (Å²) in [6, 6.07) is 0.599. The van der Waals surface area contributed by atoms with E-state index in [1.807, 2.05) is 0 Å². The molecule has 1 saturated carbocycles. The predicted octanol–water partition coefficient (Wildman–Crippen LogP) is 3.36. The quantitative estimate of drug-likeness (QED) is 0.815. The molecule has 1 aliphatic carbocycles. The van der Waals surface area contributed by atoms with Crippen LogP contribution in [0.4, 0.5) is 0 Å². The van der Waals surface area contributed by atoms with E-state index in [4.69, 9.17) is 4.74 Å². The summed E-state index contributed by atoms with van der Waals surface area (Å²) in [5.41, 5.74) is 0.171. The monoisotopic (exact) mass is 239 g/mol. The molecule has 2 fully saturated rings. The first-order valence-corrected chi connectivity index (χ1v) is 7.50. The molecule has 3 unspecified atom stereocenters. The Labute approximate surface area is 107 Å². The minimum atomic E-state index is 0.171. The third kappa shape index (κ3) is 3.23. The predicted molar refractivity (Wildman–Crippen MR) is 72.2 cm³/mol. The molecule has 2 heteroatoms. The van der Waals surface area contributed by atoms with E-state index >= 15 is 0 Å². The Morgan fingerprint density at radius 2 is 2.24 bits per heavy atom. The van der Waals surface area contributed by atoms with E-state index < -0.39 is 0 Å². The molecule has 3 atom stereocenters. The summed E-state index contributed by atoms with van der Waals surface area (Å²) < 4.78 is 6.26. The number of rotatable bonds is 3. The first kappa shape index (κ1) is 13.4. The highest BCUT2D eigenvalue weighted by molar-refractivity contribution is 4.99. The van der Waals surface area contributed by atoms with Crippen LogP contribution in [-0.4, -0.2) is 24.8 Å². The van der Waals surface area contributed by atoms with Gasteiger partial charge in [-0.05, 0) is 37.5 Å². The maximum Gasteiger partial charge on any atom is 0.0837 e. The molecular formula is C15H29NO. The fraction of sp³-hybridized carbons (Fsp3) is 1.00. The van der Waals surface area contributed by atoms with Crippen molar-refractivity contribution in [1.29, 1.82) is 0 Å². The maximum absolute atomic E-state index is 6.26. The molecule has 1 heterocycles. The van der Waals surface area contributed by atoms with Crippen LogP contribution >= 0.6 is 0 Å². The fourth-order valence-electron chi connectivity index (χ4n) is 3.63. The van der Waals surface area contributed by atoms with E-state index in [9.17, 15) is 0 Å². The van der Waals surface area contributed by atoms with Gasteiger partial charge in [-0.3, -0.25) is 0 Å². The minimum absolute atomic E-state index is 0.171. The van der Waals surface area contributed by atoms with Crippen LogP contribution in [0.3, 0.4) is 0 Å². The van der Waals surface area contributed by atoms with Crippen molar-refractivity contribution >= 4 is 0 Å². The van der Waals surface area contributed by atoms with Gasteiger partial charge in [-0.2, -0.15) is 0 Å². The van der Waals surface area contributed by atoms with E-state index in [0.29, 0.717) is 6.04 Å². The van der Waals surface area contributed by atoms with Crippen LogP contribution in [0, 0.1) is 11.8 Å². The molecule has 0 amide bonds. The zero-order chi connectivity index (χ0) is 12.3. The SMILES string of the molecule is CC(C)CCC1NCCOC12CCCC(C)C2. The fourth-order valence-corrected chi connectivity index (χ4v) is 3.63. The molecule has 100 valence electrons. The van der Waals surface area contributed by atoms with Gasteiger partial charge in [-0.1, -0.05) is 33.6 Å². The third-order valence-corrected chi connectivity index (χ3v) is 4.54. The Morgan fingerprint density at radius 3 is 2.94 bits per heavy atom. The Morgan fingerprint density at radius 1 is 1.41 bits per heavy atom. The van der Waals surface area contributed by atoms with E-state index in [2.05, 4.69) is 26.1 Å². The molecular weight excluding hydrogens is 210 g/mol. The lowest BCUT2D eigenvalue weighted by Crippen LogP contribution is -2.59. The van der Waals surface area contributed by atoms with Crippen LogP contribution in [0.1, 0.15) is 59.3 Å². The summed E-state index contributed by atoms with van der Waals surface area (Å²) in [6.45, 7) is 8.97. The van der Waals surface area contributed by atoms with Crippen LogP contribution < -0.4 is 5.32 Å². The van der Waals surface area contributed by atoms with Gasteiger partial charge in [0, 0.05) is 12.6 Å². The zero-order valence-electron chi connectivity index (χ0n) is 11.8. The third-order valence-electron chi connectivity index (χ3n) is 4.54. The average Bonchev–Trinajstić information content (AvgIpc) is 2.27. The Hall–Kier alpha value is -0.0800. The summed E-state index contributed by atoms with van der Waals surface area (Å²) in [4.78, 5) is 0. The average molecular weight is 239 g/mol. The molecule has 2 nitrogen and oxygen atoms in total. The molecule has 0 bridgehead atoms. The molecule has 1 aliphatic heterocycles. The van der Waals surface area contributed by atoms with Gasteiger partial charge in [-0.25, -0.2) is 0 Å². The highest BCUT2D eigenvalue weighted by Gasteiger charge is 2.44. The van der Waals surface area contributed by atoms with Crippen LogP contribution in [0.15, 0.2) is 0 Å². The van der Waals surface area contributed by atoms with E-state index in [1.165, 1.54) is 38.5 Å². The molecule has 17 heavy (non-hydrogen) atoms. The first-order valence-electron chi connectivity index (χ1n) is 7.50. The highest BCUT2D eigenvalue weighted by atomic mass is 16.5. The Bertz CT molecular complexity index is 237. The van der Waals surface area contributed by atoms with Gasteiger partial charge in [0.05, 0.1) is 12.2 Å². The van der Waals surface area contributed by atoms with Crippen LogP contribution in [0.5, 0.6) is 0 Å². The van der Waals surface area contributed by atoms with Crippen molar-refractivity contribution in [3.8, 4) is 0 Å². The van der Waals surface area contributed by atoms with Gasteiger partial charge < -0.3 is 10.1 Å². The van der Waals surface area contributed by atoms with Gasteiger partial charge in [0.1, 0.15) is 0 Å². The summed E-state index contributed by atoms with van der Waals surface area (Å²) in [5.74, 6) is 1.64. The Kier molecular flexibility index (Phi) is 4.48. The standard InChI is InChI=1S/C15H29NO/c1-12(2)6-7-14-15(17-10-9-16-14)8-4-5-13(3)11-15/h12-14,16H,4-11H2,1-3H3. The molecule has 2 aliphatic rings. The number of ether oxygens (including phenoxy) is 1. The van der Waals surface area contributed by atoms with Crippen molar-refractivity contribution in [3.63, 3.8) is 0 Å². The number of hydrogen-bond donors (Lipinski definition) is 1. The summed E-state index contributed by atoms with van der Waals surface area (Å²) in [5, 5.41) is 3.73. The van der Waals surface area contributed by atoms with Gasteiger partial charge in [0.25, 0.3) is 0 Å². The second kappa shape index (κ2) is 5.71. The molecule has 1 N–H and O–H groups in total. The van der Waals surface area contributed by atoms with Crippen LogP contribution in [0.2, 0.25) is 0 Å². The van der Waals surface area contributed by atoms with Gasteiger partial charge >= 0.3 is 0 Å². The van der Waals surface area contributed by atoms with Crippen molar-refractivity contribution in [3.05, 3.63) is 0 Å². The lowest BCUT2D eigenvalue weighted by atomic mass is 9.72. The lowest BCUT2D eigenvalue weighted by molar-refractivity contribution is -0.128.